The summed E-state index contributed by atoms with van der Waals surface area (Å²) in [6.45, 7) is 6.27. The zero-order valence-corrected chi connectivity index (χ0v) is 19.7. The zero-order chi connectivity index (χ0) is 21.1. The Kier molecular flexibility index (Phi) is 5.01. The Morgan fingerprint density at radius 3 is 2.90 bits per heavy atom. The van der Waals surface area contributed by atoms with E-state index in [9.17, 15) is 4.79 Å². The molecular formula is C21H29N7OS2. The molecule has 31 heavy (non-hydrogen) atoms. The third kappa shape index (κ3) is 3.30. The number of rotatable bonds is 3. The van der Waals surface area contributed by atoms with Crippen LogP contribution in [0.2, 0.25) is 0 Å². The highest BCUT2D eigenvalue weighted by atomic mass is 32.2. The van der Waals surface area contributed by atoms with Crippen molar-refractivity contribution in [2.24, 2.45) is 5.92 Å². The minimum Gasteiger partial charge on any atom is -0.342 e. The van der Waals surface area contributed by atoms with Crippen molar-refractivity contribution in [2.45, 2.75) is 69.9 Å². The first-order valence-corrected chi connectivity index (χ1v) is 13.2. The maximum atomic E-state index is 12.7. The van der Waals surface area contributed by atoms with Gasteiger partial charge in [-0.05, 0) is 56.9 Å². The third-order valence-corrected chi connectivity index (χ3v) is 9.08. The van der Waals surface area contributed by atoms with Crippen LogP contribution in [0, 0.1) is 5.92 Å². The Morgan fingerprint density at radius 1 is 1.23 bits per heavy atom. The van der Waals surface area contributed by atoms with Crippen LogP contribution in [-0.2, 0) is 17.6 Å². The molecule has 1 aliphatic carbocycles. The fourth-order valence-electron chi connectivity index (χ4n) is 5.28. The van der Waals surface area contributed by atoms with E-state index in [0.717, 1.165) is 49.9 Å². The van der Waals surface area contributed by atoms with Crippen molar-refractivity contribution in [3.05, 3.63) is 16.0 Å². The lowest BCUT2D eigenvalue weighted by molar-refractivity contribution is -0.129. The van der Waals surface area contributed by atoms with Gasteiger partial charge in [-0.2, -0.15) is 0 Å². The molecule has 3 atom stereocenters. The number of aryl methyl sites for hydroxylation is 1. The van der Waals surface area contributed by atoms with Crippen molar-refractivity contribution < 1.29 is 4.79 Å². The number of amides is 1. The summed E-state index contributed by atoms with van der Waals surface area (Å²) in [5.74, 6) is 2.16. The lowest BCUT2D eigenvalue weighted by atomic mass is 9.87. The average molecular weight is 460 g/mol. The topological polar surface area (TPSA) is 78.3 Å². The largest absolute Gasteiger partial charge is 0.342 e. The normalized spacial score (nSPS) is 27.0. The van der Waals surface area contributed by atoms with Crippen molar-refractivity contribution in [2.75, 3.05) is 23.9 Å². The van der Waals surface area contributed by atoms with E-state index in [2.05, 4.69) is 44.4 Å². The molecule has 0 bridgehead atoms. The van der Waals surface area contributed by atoms with Gasteiger partial charge in [-0.25, -0.2) is 9.99 Å². The Hall–Kier alpha value is -1.62. The maximum absolute atomic E-state index is 12.7. The zero-order valence-electron chi connectivity index (χ0n) is 18.1. The lowest BCUT2D eigenvalue weighted by Gasteiger charge is -2.31. The molecule has 0 saturated carbocycles. The van der Waals surface area contributed by atoms with Crippen LogP contribution >= 0.6 is 23.1 Å². The van der Waals surface area contributed by atoms with E-state index < -0.39 is 0 Å². The summed E-state index contributed by atoms with van der Waals surface area (Å²) < 4.78 is 2.18. The maximum Gasteiger partial charge on any atom is 0.249 e. The van der Waals surface area contributed by atoms with Crippen LogP contribution in [0.15, 0.2) is 5.16 Å². The fraction of sp³-hybridized carbons (Fsp3) is 0.667. The van der Waals surface area contributed by atoms with Gasteiger partial charge in [0.25, 0.3) is 0 Å². The molecule has 0 spiro atoms. The summed E-state index contributed by atoms with van der Waals surface area (Å²) in [7, 11) is 0. The Bertz CT molecular complexity index is 1010. The molecule has 2 unspecified atom stereocenters. The van der Waals surface area contributed by atoms with E-state index >= 15 is 0 Å². The summed E-state index contributed by atoms with van der Waals surface area (Å²) >= 11 is 3.41. The van der Waals surface area contributed by atoms with Gasteiger partial charge in [0, 0.05) is 23.5 Å². The molecule has 2 saturated heterocycles. The second kappa shape index (κ2) is 7.75. The third-order valence-electron chi connectivity index (χ3n) is 6.87. The number of hydrazine groups is 1. The number of carbonyl (C=O) groups excluding carboxylic acids is 1. The highest BCUT2D eigenvalue weighted by Gasteiger charge is 2.44. The molecule has 2 N–H and O–H groups in total. The monoisotopic (exact) mass is 459 g/mol. The van der Waals surface area contributed by atoms with Crippen molar-refractivity contribution in [3.63, 3.8) is 0 Å². The number of hydrogen-bond donors (Lipinski definition) is 2. The molecule has 2 aromatic rings. The van der Waals surface area contributed by atoms with Crippen LogP contribution in [0.25, 0.3) is 5.00 Å². The second-order valence-electron chi connectivity index (χ2n) is 9.21. The number of thiophene rings is 1. The molecule has 3 aliphatic heterocycles. The fourth-order valence-corrected chi connectivity index (χ4v) is 7.55. The van der Waals surface area contributed by atoms with Crippen molar-refractivity contribution >= 4 is 35.0 Å². The van der Waals surface area contributed by atoms with Crippen molar-refractivity contribution in [3.8, 4) is 5.00 Å². The molecule has 0 aromatic carbocycles. The van der Waals surface area contributed by atoms with E-state index in [4.69, 9.17) is 0 Å². The summed E-state index contributed by atoms with van der Waals surface area (Å²) in [4.78, 5) is 16.3. The minimum absolute atomic E-state index is 0.0832. The minimum atomic E-state index is 0.0832. The molecule has 2 fully saturated rings. The van der Waals surface area contributed by atoms with Gasteiger partial charge in [-0.3, -0.25) is 15.1 Å². The van der Waals surface area contributed by atoms with Gasteiger partial charge >= 0.3 is 0 Å². The van der Waals surface area contributed by atoms with Gasteiger partial charge in [-0.1, -0.05) is 18.7 Å². The number of thioether (sulfide) groups is 1. The summed E-state index contributed by atoms with van der Waals surface area (Å²) in [5, 5.41) is 16.9. The van der Waals surface area contributed by atoms with E-state index in [1.165, 1.54) is 45.6 Å². The van der Waals surface area contributed by atoms with E-state index in [0.29, 0.717) is 11.7 Å². The Labute approximate surface area is 190 Å². The van der Waals surface area contributed by atoms with E-state index in [1.807, 2.05) is 16.2 Å². The summed E-state index contributed by atoms with van der Waals surface area (Å²) in [6.07, 6.45) is 7.25. The first-order valence-electron chi connectivity index (χ1n) is 11.4. The van der Waals surface area contributed by atoms with Crippen LogP contribution in [-0.4, -0.2) is 50.6 Å². The highest BCUT2D eigenvalue weighted by molar-refractivity contribution is 7.99. The van der Waals surface area contributed by atoms with Gasteiger partial charge in [-0.15, -0.1) is 21.5 Å². The lowest BCUT2D eigenvalue weighted by Crippen LogP contribution is -2.40. The SMILES string of the molecule is CC1NC2c3c(sc4c3C[C@@H](C)CC4)-n3c(SCC(=O)N4CCCCC4)nnc3N2N1. The quantitative estimate of drug-likeness (QED) is 0.684. The molecule has 6 rings (SSSR count). The van der Waals surface area contributed by atoms with Crippen molar-refractivity contribution in [1.82, 2.24) is 30.4 Å². The first kappa shape index (κ1) is 20.0. The number of likely N-dealkylation sites (tertiary alicyclic amines) is 1. The van der Waals surface area contributed by atoms with Crippen LogP contribution in [0.3, 0.4) is 0 Å². The Morgan fingerprint density at radius 2 is 2.06 bits per heavy atom. The second-order valence-corrected chi connectivity index (χ2v) is 11.2. The molecule has 2 aromatic heterocycles. The smallest absolute Gasteiger partial charge is 0.249 e. The standard InChI is InChI=1S/C21H29N7OS2/c1-12-6-7-15-14(10-12)17-18-22-13(2)25-28(18)20-23-24-21(27(20)19(17)31-15)30-11-16(29)26-8-4-3-5-9-26/h12-13,18,22,25H,3-11H2,1-2H3/t12-,13?,18?/m0/s1. The number of anilines is 1. The average Bonchev–Trinajstić information content (AvgIpc) is 3.46. The molecule has 5 heterocycles. The molecule has 0 radical (unpaired) electrons. The van der Waals surface area contributed by atoms with Crippen LogP contribution in [0.1, 0.15) is 61.7 Å². The first-order chi connectivity index (χ1) is 15.1. The number of fused-ring (bicyclic) bond motifs is 8. The molecule has 4 aliphatic rings. The predicted molar refractivity (Wildman–Crippen MR) is 123 cm³/mol. The van der Waals surface area contributed by atoms with E-state index in [1.54, 1.807) is 0 Å². The molecular weight excluding hydrogens is 430 g/mol. The number of piperidine rings is 1. The van der Waals surface area contributed by atoms with Gasteiger partial charge in [0.2, 0.25) is 11.9 Å². The number of aromatic nitrogens is 3. The van der Waals surface area contributed by atoms with Crippen molar-refractivity contribution in [1.29, 1.82) is 0 Å². The highest BCUT2D eigenvalue weighted by Crippen LogP contribution is 2.48. The Balaban J connectivity index is 1.35. The van der Waals surface area contributed by atoms with Crippen LogP contribution in [0.4, 0.5) is 5.95 Å². The van der Waals surface area contributed by atoms with Crippen LogP contribution < -0.4 is 15.8 Å². The predicted octanol–water partition coefficient (Wildman–Crippen LogP) is 2.83. The molecule has 10 heteroatoms. The van der Waals surface area contributed by atoms with Gasteiger partial charge in [0.15, 0.2) is 5.16 Å². The molecule has 166 valence electrons. The van der Waals surface area contributed by atoms with Gasteiger partial charge in [0.1, 0.15) is 11.2 Å². The number of hydrogen-bond acceptors (Lipinski definition) is 8. The van der Waals surface area contributed by atoms with Gasteiger partial charge in [0.05, 0.1) is 11.9 Å². The summed E-state index contributed by atoms with van der Waals surface area (Å²) in [6, 6.07) is 0. The van der Waals surface area contributed by atoms with E-state index in [-0.39, 0.29) is 18.2 Å². The number of nitrogens with one attached hydrogen (secondary N) is 2. The molecule has 1 amide bonds. The van der Waals surface area contributed by atoms with Crippen LogP contribution in [0.5, 0.6) is 0 Å². The number of carbonyl (C=O) groups is 1. The summed E-state index contributed by atoms with van der Waals surface area (Å²) in [5.41, 5.74) is 6.40. The van der Waals surface area contributed by atoms with Gasteiger partial charge < -0.3 is 4.90 Å². The number of nitrogens with zero attached hydrogens (tertiary/aromatic N) is 5. The molecule has 8 nitrogen and oxygen atoms in total.